The summed E-state index contributed by atoms with van der Waals surface area (Å²) < 4.78 is 11.3. The van der Waals surface area contributed by atoms with E-state index in [1.54, 1.807) is 0 Å². The van der Waals surface area contributed by atoms with E-state index in [-0.39, 0.29) is 0 Å². The summed E-state index contributed by atoms with van der Waals surface area (Å²) in [6.45, 7) is 5.62. The Bertz CT molecular complexity index is 409. The Labute approximate surface area is 120 Å². The van der Waals surface area contributed by atoms with E-state index in [2.05, 4.69) is 18.3 Å². The molecule has 1 aliphatic rings. The normalized spacial score (nSPS) is 14.2. The zero-order valence-electron chi connectivity index (χ0n) is 11.5. The van der Waals surface area contributed by atoms with Crippen LogP contribution in [-0.4, -0.2) is 26.3 Å². The number of hydrogen-bond acceptors (Lipinski definition) is 3. The van der Waals surface area contributed by atoms with Crippen molar-refractivity contribution in [2.75, 3.05) is 26.3 Å². The molecule has 1 N–H and O–H groups in total. The highest BCUT2D eigenvalue weighted by molar-refractivity contribution is 6.32. The van der Waals surface area contributed by atoms with Gasteiger partial charge in [-0.25, -0.2) is 0 Å². The highest BCUT2D eigenvalue weighted by Crippen LogP contribution is 2.38. The number of nitrogens with one attached hydrogen (secondary N) is 1. The molecule has 0 atom stereocenters. The lowest BCUT2D eigenvalue weighted by atomic mass is 10.1. The van der Waals surface area contributed by atoms with Crippen molar-refractivity contribution in [3.8, 4) is 11.5 Å². The summed E-state index contributed by atoms with van der Waals surface area (Å²) in [6, 6.07) is 4.07. The van der Waals surface area contributed by atoms with Crippen molar-refractivity contribution in [3.05, 3.63) is 22.7 Å². The predicted octanol–water partition coefficient (Wildman–Crippen LogP) is 3.43. The van der Waals surface area contributed by atoms with E-state index in [4.69, 9.17) is 21.1 Å². The lowest BCUT2D eigenvalue weighted by Crippen LogP contribution is -2.13. The Morgan fingerprint density at radius 3 is 2.89 bits per heavy atom. The van der Waals surface area contributed by atoms with Gasteiger partial charge in [-0.3, -0.25) is 0 Å². The summed E-state index contributed by atoms with van der Waals surface area (Å²) in [7, 11) is 0. The smallest absolute Gasteiger partial charge is 0.179 e. The largest absolute Gasteiger partial charge is 0.489 e. The number of ether oxygens (including phenoxy) is 2. The maximum Gasteiger partial charge on any atom is 0.179 e. The molecule has 0 bridgehead atoms. The van der Waals surface area contributed by atoms with Gasteiger partial charge < -0.3 is 14.8 Å². The van der Waals surface area contributed by atoms with Gasteiger partial charge in [-0.2, -0.15) is 0 Å². The molecule has 1 heterocycles. The van der Waals surface area contributed by atoms with E-state index in [0.29, 0.717) is 24.0 Å². The van der Waals surface area contributed by atoms with Crippen LogP contribution in [0.25, 0.3) is 0 Å². The van der Waals surface area contributed by atoms with Crippen molar-refractivity contribution in [3.63, 3.8) is 0 Å². The fourth-order valence-corrected chi connectivity index (χ4v) is 2.47. The fourth-order valence-electron chi connectivity index (χ4n) is 2.18. The van der Waals surface area contributed by atoms with Gasteiger partial charge in [0.15, 0.2) is 11.5 Å². The number of unbranched alkanes of at least 4 members (excludes halogenated alkanes) is 1. The number of halogens is 1. The van der Waals surface area contributed by atoms with Crippen LogP contribution in [0.1, 0.15) is 31.7 Å². The Morgan fingerprint density at radius 2 is 2.05 bits per heavy atom. The van der Waals surface area contributed by atoms with E-state index in [1.165, 1.54) is 12.0 Å². The number of benzene rings is 1. The second-order valence-corrected chi connectivity index (χ2v) is 5.17. The Morgan fingerprint density at radius 1 is 1.21 bits per heavy atom. The van der Waals surface area contributed by atoms with E-state index >= 15 is 0 Å². The standard InChI is InChI=1S/C15H22ClNO2/c1-2-17-7-4-3-6-12-10-13(16)15-14(11-12)18-8-5-9-19-15/h10-11,17H,2-9H2,1H3. The minimum Gasteiger partial charge on any atom is -0.489 e. The molecule has 19 heavy (non-hydrogen) atoms. The molecule has 0 radical (unpaired) electrons. The maximum atomic E-state index is 6.27. The second kappa shape index (κ2) is 7.61. The molecular weight excluding hydrogens is 262 g/mol. The van der Waals surface area contributed by atoms with Gasteiger partial charge in [-0.15, -0.1) is 0 Å². The average molecular weight is 284 g/mol. The van der Waals surface area contributed by atoms with Gasteiger partial charge in [-0.05, 0) is 50.0 Å². The van der Waals surface area contributed by atoms with Crippen LogP contribution >= 0.6 is 11.6 Å². The maximum absolute atomic E-state index is 6.27. The average Bonchev–Trinajstić information content (AvgIpc) is 2.64. The third-order valence-corrected chi connectivity index (χ3v) is 3.46. The van der Waals surface area contributed by atoms with Crippen LogP contribution in [0.4, 0.5) is 0 Å². The zero-order valence-corrected chi connectivity index (χ0v) is 12.3. The van der Waals surface area contributed by atoms with Gasteiger partial charge in [0.1, 0.15) is 0 Å². The van der Waals surface area contributed by atoms with Crippen molar-refractivity contribution in [1.29, 1.82) is 0 Å². The molecule has 0 saturated carbocycles. The van der Waals surface area contributed by atoms with Crippen LogP contribution in [0.15, 0.2) is 12.1 Å². The minimum atomic E-state index is 0.668. The molecule has 0 aromatic heterocycles. The molecule has 106 valence electrons. The fraction of sp³-hybridized carbons (Fsp3) is 0.600. The molecule has 3 nitrogen and oxygen atoms in total. The van der Waals surface area contributed by atoms with E-state index in [0.717, 1.165) is 38.1 Å². The first-order chi connectivity index (χ1) is 9.31. The van der Waals surface area contributed by atoms with Gasteiger partial charge in [0.25, 0.3) is 0 Å². The van der Waals surface area contributed by atoms with Gasteiger partial charge >= 0.3 is 0 Å². The molecule has 0 fully saturated rings. The molecule has 0 spiro atoms. The van der Waals surface area contributed by atoms with Gasteiger partial charge in [0.2, 0.25) is 0 Å². The second-order valence-electron chi connectivity index (χ2n) is 4.77. The van der Waals surface area contributed by atoms with E-state index < -0.39 is 0 Å². The van der Waals surface area contributed by atoms with Crippen LogP contribution in [0, 0.1) is 0 Å². The first kappa shape index (κ1) is 14.5. The third kappa shape index (κ3) is 4.29. The van der Waals surface area contributed by atoms with Crippen molar-refractivity contribution >= 4 is 11.6 Å². The lowest BCUT2D eigenvalue weighted by molar-refractivity contribution is 0.297. The van der Waals surface area contributed by atoms with Crippen LogP contribution in [0.3, 0.4) is 0 Å². The third-order valence-electron chi connectivity index (χ3n) is 3.18. The Hall–Kier alpha value is -0.930. The van der Waals surface area contributed by atoms with Crippen LogP contribution in [-0.2, 0) is 6.42 Å². The zero-order chi connectivity index (χ0) is 13.5. The highest BCUT2D eigenvalue weighted by atomic mass is 35.5. The molecule has 4 heteroatoms. The predicted molar refractivity (Wildman–Crippen MR) is 78.5 cm³/mol. The summed E-state index contributed by atoms with van der Waals surface area (Å²) in [5, 5.41) is 4.00. The van der Waals surface area contributed by atoms with Crippen molar-refractivity contribution in [1.82, 2.24) is 5.32 Å². The highest BCUT2D eigenvalue weighted by Gasteiger charge is 2.15. The monoisotopic (exact) mass is 283 g/mol. The van der Waals surface area contributed by atoms with Crippen LogP contribution in [0.2, 0.25) is 5.02 Å². The molecule has 0 unspecified atom stereocenters. The van der Waals surface area contributed by atoms with Crippen molar-refractivity contribution < 1.29 is 9.47 Å². The van der Waals surface area contributed by atoms with E-state index in [9.17, 15) is 0 Å². The molecule has 0 amide bonds. The van der Waals surface area contributed by atoms with Crippen LogP contribution < -0.4 is 14.8 Å². The molecule has 1 aliphatic heterocycles. The van der Waals surface area contributed by atoms with E-state index in [1.807, 2.05) is 6.07 Å². The summed E-state index contributed by atoms with van der Waals surface area (Å²) in [4.78, 5) is 0. The summed E-state index contributed by atoms with van der Waals surface area (Å²) in [6.07, 6.45) is 4.27. The first-order valence-electron chi connectivity index (χ1n) is 7.10. The van der Waals surface area contributed by atoms with Gasteiger partial charge in [0, 0.05) is 6.42 Å². The molecule has 1 aromatic carbocycles. The molecule has 1 aromatic rings. The topological polar surface area (TPSA) is 30.5 Å². The summed E-state index contributed by atoms with van der Waals surface area (Å²) in [5.74, 6) is 1.50. The van der Waals surface area contributed by atoms with Gasteiger partial charge in [-0.1, -0.05) is 18.5 Å². The van der Waals surface area contributed by atoms with Crippen LogP contribution in [0.5, 0.6) is 11.5 Å². The number of hydrogen-bond donors (Lipinski definition) is 1. The first-order valence-corrected chi connectivity index (χ1v) is 7.48. The number of rotatable bonds is 6. The molecule has 0 saturated heterocycles. The summed E-state index contributed by atoms with van der Waals surface area (Å²) >= 11 is 6.27. The Balaban J connectivity index is 1.94. The van der Waals surface area contributed by atoms with Crippen molar-refractivity contribution in [2.24, 2.45) is 0 Å². The molecule has 0 aliphatic carbocycles. The number of aryl methyl sites for hydroxylation is 1. The minimum absolute atomic E-state index is 0.668. The molecule has 2 rings (SSSR count). The summed E-state index contributed by atoms with van der Waals surface area (Å²) in [5.41, 5.74) is 1.23. The lowest BCUT2D eigenvalue weighted by Gasteiger charge is -2.11. The SMILES string of the molecule is CCNCCCCc1cc(Cl)c2c(c1)OCCCO2. The quantitative estimate of drug-likeness (QED) is 0.812. The molecular formula is C15H22ClNO2. The van der Waals surface area contributed by atoms with Crippen molar-refractivity contribution in [2.45, 2.75) is 32.6 Å². The Kier molecular flexibility index (Phi) is 5.80. The number of fused-ring (bicyclic) bond motifs is 1. The van der Waals surface area contributed by atoms with Gasteiger partial charge in [0.05, 0.1) is 18.2 Å².